The highest BCUT2D eigenvalue weighted by atomic mass is 35.5. The Hall–Kier alpha value is -4.11. The maximum absolute atomic E-state index is 13.8. The zero-order valence-electron chi connectivity index (χ0n) is 22.0. The molecule has 0 saturated carbocycles. The summed E-state index contributed by atoms with van der Waals surface area (Å²) in [4.78, 5) is 29.7. The maximum Gasteiger partial charge on any atom is 0.433 e. The van der Waals surface area contributed by atoms with Crippen LogP contribution in [0.1, 0.15) is 28.2 Å². The minimum Gasteiger partial charge on any atom is -0.430 e. The van der Waals surface area contributed by atoms with Gasteiger partial charge in [0.25, 0.3) is 12.2 Å². The average Bonchev–Trinajstić information content (AvgIpc) is 3.35. The fourth-order valence-corrected chi connectivity index (χ4v) is 5.67. The van der Waals surface area contributed by atoms with Gasteiger partial charge in [-0.2, -0.15) is 26.3 Å². The van der Waals surface area contributed by atoms with E-state index in [9.17, 15) is 31.1 Å². The van der Waals surface area contributed by atoms with E-state index in [4.69, 9.17) is 21.1 Å². The lowest BCUT2D eigenvalue weighted by Crippen LogP contribution is -2.54. The van der Waals surface area contributed by atoms with Crippen molar-refractivity contribution in [1.82, 2.24) is 19.9 Å². The first-order chi connectivity index (χ1) is 20.4. The number of morpholine rings is 1. The van der Waals surface area contributed by atoms with E-state index >= 15 is 0 Å². The van der Waals surface area contributed by atoms with Crippen LogP contribution in [0.3, 0.4) is 0 Å². The normalized spacial score (nSPS) is 19.4. The van der Waals surface area contributed by atoms with E-state index in [1.165, 1.54) is 6.20 Å². The van der Waals surface area contributed by atoms with Crippen molar-refractivity contribution in [2.45, 2.75) is 24.5 Å². The van der Waals surface area contributed by atoms with Crippen molar-refractivity contribution in [3.05, 3.63) is 75.8 Å². The molecule has 16 heteroatoms. The molecule has 1 aromatic carbocycles. The molecule has 1 atom stereocenters. The van der Waals surface area contributed by atoms with Crippen LogP contribution >= 0.6 is 11.6 Å². The van der Waals surface area contributed by atoms with Crippen molar-refractivity contribution in [3.63, 3.8) is 0 Å². The molecule has 0 radical (unpaired) electrons. The van der Waals surface area contributed by atoms with Crippen molar-refractivity contribution in [3.8, 4) is 0 Å². The quantitative estimate of drug-likeness (QED) is 0.235. The number of aromatic nitrogens is 4. The van der Waals surface area contributed by atoms with Crippen molar-refractivity contribution in [2.24, 2.45) is 0 Å². The number of H-pyrrole nitrogens is 1. The van der Waals surface area contributed by atoms with Gasteiger partial charge in [0.05, 0.1) is 18.9 Å². The lowest BCUT2D eigenvalue weighted by molar-refractivity contribution is -0.148. The summed E-state index contributed by atoms with van der Waals surface area (Å²) in [5.74, 6) is -0.391. The number of nitrogens with zero attached hydrogens (tertiary/aromatic N) is 5. The molecule has 226 valence electrons. The number of hydrogen-bond donors (Lipinski definition) is 1. The molecule has 1 N–H and O–H groups in total. The molecule has 3 aromatic heterocycles. The molecule has 1 fully saturated rings. The number of anilines is 2. The second kappa shape index (κ2) is 10.6. The van der Waals surface area contributed by atoms with Gasteiger partial charge >= 0.3 is 12.4 Å². The number of pyridine rings is 1. The molecular formula is C27H21ClF6N6O3. The molecule has 0 aliphatic carbocycles. The predicted octanol–water partition coefficient (Wildman–Crippen LogP) is 5.32. The van der Waals surface area contributed by atoms with Gasteiger partial charge in [0.2, 0.25) is 5.95 Å². The monoisotopic (exact) mass is 626 g/mol. The third kappa shape index (κ3) is 5.09. The van der Waals surface area contributed by atoms with Gasteiger partial charge in [-0.25, -0.2) is 15.0 Å². The maximum atomic E-state index is 13.8. The Morgan fingerprint density at radius 1 is 0.977 bits per heavy atom. The van der Waals surface area contributed by atoms with E-state index in [2.05, 4.69) is 19.9 Å². The Morgan fingerprint density at radius 2 is 1.67 bits per heavy atom. The van der Waals surface area contributed by atoms with Crippen molar-refractivity contribution < 1.29 is 40.6 Å². The van der Waals surface area contributed by atoms with E-state index in [0.717, 1.165) is 4.90 Å². The minimum atomic E-state index is -5.23. The topological polar surface area (TPSA) is 96.5 Å². The standard InChI is InChI=1S/C27H21ClF6N6O3/c28-16-2-3-19-18(11-16)17-5-6-40(24-37-20(26(29,30)31)12-21(38-24)27(32,33)34)25(43-14-41,23(17)36-19)15-1-4-22(35-13-15)39-7-9-42-10-8-39/h1-4,11-14,36H,5-10H2. The average molecular weight is 627 g/mol. The molecule has 4 aromatic rings. The fraction of sp³-hybridized carbons (Fsp3) is 0.333. The highest BCUT2D eigenvalue weighted by Crippen LogP contribution is 2.47. The lowest BCUT2D eigenvalue weighted by Gasteiger charge is -2.45. The molecule has 0 amide bonds. The van der Waals surface area contributed by atoms with Crippen LogP contribution in [0.4, 0.5) is 38.1 Å². The van der Waals surface area contributed by atoms with Crippen LogP contribution in [0, 0.1) is 0 Å². The molecule has 1 unspecified atom stereocenters. The first-order valence-electron chi connectivity index (χ1n) is 12.9. The van der Waals surface area contributed by atoms with E-state index in [1.54, 1.807) is 30.3 Å². The zero-order chi connectivity index (χ0) is 30.6. The first kappa shape index (κ1) is 29.0. The number of hydrogen-bond acceptors (Lipinski definition) is 8. The van der Waals surface area contributed by atoms with Gasteiger partial charge in [0.1, 0.15) is 5.82 Å². The zero-order valence-corrected chi connectivity index (χ0v) is 22.7. The predicted molar refractivity (Wildman–Crippen MR) is 142 cm³/mol. The van der Waals surface area contributed by atoms with Crippen molar-refractivity contribution >= 4 is 40.7 Å². The summed E-state index contributed by atoms with van der Waals surface area (Å²) in [7, 11) is 0. The number of ether oxygens (including phenoxy) is 2. The summed E-state index contributed by atoms with van der Waals surface area (Å²) in [5, 5.41) is 1.03. The molecule has 0 spiro atoms. The molecule has 1 saturated heterocycles. The summed E-state index contributed by atoms with van der Waals surface area (Å²) in [6.45, 7) is 1.90. The third-order valence-corrected chi connectivity index (χ3v) is 7.64. The van der Waals surface area contributed by atoms with E-state index in [1.807, 2.05) is 4.90 Å². The number of rotatable bonds is 5. The number of carbonyl (C=O) groups excluding carboxylic acids is 1. The second-order valence-corrected chi connectivity index (χ2v) is 10.3. The molecule has 0 bridgehead atoms. The molecule has 2 aliphatic rings. The van der Waals surface area contributed by atoms with E-state index in [0.29, 0.717) is 53.6 Å². The van der Waals surface area contributed by atoms with Gasteiger partial charge in [0, 0.05) is 47.3 Å². The summed E-state index contributed by atoms with van der Waals surface area (Å²) in [6.07, 6.45) is -8.99. The number of fused-ring (bicyclic) bond motifs is 3. The van der Waals surface area contributed by atoms with Gasteiger partial charge in [-0.05, 0) is 48.4 Å². The Morgan fingerprint density at radius 3 is 2.28 bits per heavy atom. The van der Waals surface area contributed by atoms with Gasteiger partial charge in [-0.3, -0.25) is 9.69 Å². The second-order valence-electron chi connectivity index (χ2n) is 9.87. The van der Waals surface area contributed by atoms with Gasteiger partial charge in [-0.15, -0.1) is 0 Å². The smallest absolute Gasteiger partial charge is 0.430 e. The Labute approximate surface area is 244 Å². The van der Waals surface area contributed by atoms with Crippen LogP contribution < -0.4 is 9.80 Å². The van der Waals surface area contributed by atoms with Crippen LogP contribution in [0.15, 0.2) is 42.6 Å². The first-order valence-corrected chi connectivity index (χ1v) is 13.3. The van der Waals surface area contributed by atoms with E-state index < -0.39 is 35.4 Å². The number of halogens is 7. The Balaban J connectivity index is 1.60. The molecule has 9 nitrogen and oxygen atoms in total. The lowest BCUT2D eigenvalue weighted by atomic mass is 9.89. The Kier molecular flexibility index (Phi) is 7.12. The van der Waals surface area contributed by atoms with Crippen LogP contribution in [0.2, 0.25) is 5.02 Å². The van der Waals surface area contributed by atoms with Crippen LogP contribution in [0.25, 0.3) is 10.9 Å². The number of benzene rings is 1. The number of carbonyl (C=O) groups is 1. The number of aromatic amines is 1. The SMILES string of the molecule is O=COC1(c2ccc(N3CCOCC3)nc2)c2[nH]c3ccc(Cl)cc3c2CCN1c1nc(C(F)(F)F)cc(C(F)(F)F)n1. The minimum absolute atomic E-state index is 0.0642. The van der Waals surface area contributed by atoms with Gasteiger partial charge in [-0.1, -0.05) is 11.6 Å². The highest BCUT2D eigenvalue weighted by molar-refractivity contribution is 6.31. The summed E-state index contributed by atoms with van der Waals surface area (Å²) < 4.78 is 93.9. The van der Waals surface area contributed by atoms with Crippen molar-refractivity contribution in [2.75, 3.05) is 42.6 Å². The van der Waals surface area contributed by atoms with Gasteiger partial charge in [0.15, 0.2) is 11.4 Å². The summed E-state index contributed by atoms with van der Waals surface area (Å²) in [6, 6.07) is 7.93. The van der Waals surface area contributed by atoms with Crippen LogP contribution in [-0.2, 0) is 38.8 Å². The Bertz CT molecular complexity index is 1640. The molecular weight excluding hydrogens is 606 g/mol. The molecule has 5 heterocycles. The fourth-order valence-electron chi connectivity index (χ4n) is 5.50. The van der Waals surface area contributed by atoms with Crippen molar-refractivity contribution in [1.29, 1.82) is 0 Å². The molecule has 43 heavy (non-hydrogen) atoms. The van der Waals surface area contributed by atoms with Crippen LogP contribution in [0.5, 0.6) is 0 Å². The summed E-state index contributed by atoms with van der Waals surface area (Å²) >= 11 is 6.24. The number of alkyl halides is 6. The number of nitrogens with one attached hydrogen (secondary N) is 1. The highest BCUT2D eigenvalue weighted by Gasteiger charge is 2.51. The van der Waals surface area contributed by atoms with Crippen LogP contribution in [-0.4, -0.2) is 59.3 Å². The van der Waals surface area contributed by atoms with E-state index in [-0.39, 0.29) is 36.8 Å². The molecule has 6 rings (SSSR count). The third-order valence-electron chi connectivity index (χ3n) is 7.40. The largest absolute Gasteiger partial charge is 0.433 e. The summed E-state index contributed by atoms with van der Waals surface area (Å²) in [5.41, 5.74) is -4.29. The molecule has 2 aliphatic heterocycles. The van der Waals surface area contributed by atoms with Gasteiger partial charge < -0.3 is 19.4 Å².